The Morgan fingerprint density at radius 1 is 1.11 bits per heavy atom. The zero-order valence-corrected chi connectivity index (χ0v) is 16.1. The lowest BCUT2D eigenvalue weighted by Gasteiger charge is -2.20. The lowest BCUT2D eigenvalue weighted by molar-refractivity contribution is -0.145. The van der Waals surface area contributed by atoms with Gasteiger partial charge in [-0.05, 0) is 57.4 Å². The molecule has 0 aliphatic carbocycles. The topological polar surface area (TPSA) is 55.4 Å². The zero-order chi connectivity index (χ0) is 19.4. The molecule has 0 heterocycles. The van der Waals surface area contributed by atoms with Gasteiger partial charge in [-0.2, -0.15) is 0 Å². The molecule has 1 unspecified atom stereocenters. The molecule has 1 atom stereocenters. The SMILES string of the molecule is CCOC(=O)C(NC(=O)c1ccc(F)cc1Br)c1cccc2ccccc12. The predicted octanol–water partition coefficient (Wildman–Crippen LogP) is 4.78. The lowest BCUT2D eigenvalue weighted by atomic mass is 9.98. The van der Waals surface area contributed by atoms with E-state index in [1.54, 1.807) is 13.0 Å². The maximum Gasteiger partial charge on any atom is 0.333 e. The van der Waals surface area contributed by atoms with Crippen LogP contribution in [-0.2, 0) is 9.53 Å². The van der Waals surface area contributed by atoms with E-state index in [0.717, 1.165) is 10.8 Å². The molecule has 0 fully saturated rings. The third kappa shape index (κ3) is 4.17. The quantitative estimate of drug-likeness (QED) is 0.593. The van der Waals surface area contributed by atoms with Gasteiger partial charge in [-0.25, -0.2) is 9.18 Å². The van der Waals surface area contributed by atoms with Crippen molar-refractivity contribution in [1.29, 1.82) is 0 Å². The Balaban J connectivity index is 2.01. The van der Waals surface area contributed by atoms with Gasteiger partial charge in [0.05, 0.1) is 12.2 Å². The van der Waals surface area contributed by atoms with Crippen LogP contribution in [0.5, 0.6) is 0 Å². The third-order valence-electron chi connectivity index (χ3n) is 4.11. The van der Waals surface area contributed by atoms with Crippen molar-refractivity contribution in [3.8, 4) is 0 Å². The number of carbonyl (C=O) groups is 2. The molecule has 3 aromatic carbocycles. The first-order valence-corrected chi connectivity index (χ1v) is 9.20. The Hall–Kier alpha value is -2.73. The van der Waals surface area contributed by atoms with E-state index in [2.05, 4.69) is 21.2 Å². The lowest BCUT2D eigenvalue weighted by Crippen LogP contribution is -2.35. The molecule has 27 heavy (non-hydrogen) atoms. The number of amides is 1. The number of ether oxygens (including phenoxy) is 1. The molecule has 0 spiro atoms. The minimum Gasteiger partial charge on any atom is -0.464 e. The Kier molecular flexibility index (Phi) is 5.86. The molecule has 1 amide bonds. The summed E-state index contributed by atoms with van der Waals surface area (Å²) in [5.41, 5.74) is 0.865. The second-order valence-corrected chi connectivity index (χ2v) is 6.71. The Bertz CT molecular complexity index is 1000. The van der Waals surface area contributed by atoms with E-state index in [9.17, 15) is 14.0 Å². The van der Waals surface area contributed by atoms with Crippen LogP contribution in [0.4, 0.5) is 4.39 Å². The smallest absolute Gasteiger partial charge is 0.333 e. The summed E-state index contributed by atoms with van der Waals surface area (Å²) in [5, 5.41) is 4.51. The van der Waals surface area contributed by atoms with Crippen LogP contribution in [0.1, 0.15) is 28.9 Å². The first-order chi connectivity index (χ1) is 13.0. The standard InChI is InChI=1S/C21H17BrFNO3/c1-2-27-21(26)19(16-9-5-7-13-6-3-4-8-15(13)16)24-20(25)17-11-10-14(23)12-18(17)22/h3-12,19H,2H2,1H3,(H,24,25). The Morgan fingerprint density at radius 2 is 1.85 bits per heavy atom. The largest absolute Gasteiger partial charge is 0.464 e. The van der Waals surface area contributed by atoms with Crippen molar-refractivity contribution in [3.63, 3.8) is 0 Å². The minimum absolute atomic E-state index is 0.191. The van der Waals surface area contributed by atoms with Gasteiger partial charge in [0.2, 0.25) is 0 Å². The second-order valence-electron chi connectivity index (χ2n) is 5.85. The zero-order valence-electron chi connectivity index (χ0n) is 14.5. The van der Waals surface area contributed by atoms with Crippen molar-refractivity contribution in [2.75, 3.05) is 6.61 Å². The van der Waals surface area contributed by atoms with E-state index < -0.39 is 23.7 Å². The summed E-state index contributed by atoms with van der Waals surface area (Å²) < 4.78 is 18.8. The summed E-state index contributed by atoms with van der Waals surface area (Å²) in [5.74, 6) is -1.53. The van der Waals surface area contributed by atoms with Crippen LogP contribution >= 0.6 is 15.9 Å². The van der Waals surface area contributed by atoms with Crippen molar-refractivity contribution in [3.05, 3.63) is 82.1 Å². The van der Waals surface area contributed by atoms with E-state index in [-0.39, 0.29) is 12.2 Å². The van der Waals surface area contributed by atoms with Crippen LogP contribution in [0.3, 0.4) is 0 Å². The molecule has 0 radical (unpaired) electrons. The molecule has 6 heteroatoms. The molecule has 0 bridgehead atoms. The monoisotopic (exact) mass is 429 g/mol. The first kappa shape index (κ1) is 19.0. The van der Waals surface area contributed by atoms with Gasteiger partial charge >= 0.3 is 5.97 Å². The van der Waals surface area contributed by atoms with Gasteiger partial charge in [-0.1, -0.05) is 42.5 Å². The first-order valence-electron chi connectivity index (χ1n) is 8.41. The van der Waals surface area contributed by atoms with Crippen molar-refractivity contribution < 1.29 is 18.7 Å². The molecule has 0 aliphatic heterocycles. The van der Waals surface area contributed by atoms with Gasteiger partial charge in [0.15, 0.2) is 6.04 Å². The van der Waals surface area contributed by atoms with Crippen LogP contribution in [-0.4, -0.2) is 18.5 Å². The number of benzene rings is 3. The van der Waals surface area contributed by atoms with Crippen LogP contribution in [0, 0.1) is 5.82 Å². The van der Waals surface area contributed by atoms with Crippen molar-refractivity contribution in [2.45, 2.75) is 13.0 Å². The summed E-state index contributed by atoms with van der Waals surface area (Å²) in [4.78, 5) is 25.3. The van der Waals surface area contributed by atoms with Crippen LogP contribution in [0.15, 0.2) is 65.1 Å². The van der Waals surface area contributed by atoms with Gasteiger partial charge in [0.25, 0.3) is 5.91 Å². The number of halogens is 2. The molecule has 4 nitrogen and oxygen atoms in total. The molecule has 0 aromatic heterocycles. The molecular weight excluding hydrogens is 413 g/mol. The maximum atomic E-state index is 13.3. The fourth-order valence-corrected chi connectivity index (χ4v) is 3.40. The fraction of sp³-hybridized carbons (Fsp3) is 0.143. The normalized spacial score (nSPS) is 11.8. The highest BCUT2D eigenvalue weighted by molar-refractivity contribution is 9.10. The maximum absolute atomic E-state index is 13.3. The predicted molar refractivity (Wildman–Crippen MR) is 105 cm³/mol. The van der Waals surface area contributed by atoms with Gasteiger partial charge < -0.3 is 10.1 Å². The molecule has 3 rings (SSSR count). The molecule has 0 aliphatic rings. The number of fused-ring (bicyclic) bond motifs is 1. The molecule has 138 valence electrons. The van der Waals surface area contributed by atoms with Crippen LogP contribution in [0.25, 0.3) is 10.8 Å². The summed E-state index contributed by atoms with van der Waals surface area (Å²) in [7, 11) is 0. The van der Waals surface area contributed by atoms with Gasteiger partial charge in [0, 0.05) is 4.47 Å². The number of hydrogen-bond donors (Lipinski definition) is 1. The Labute approximate surface area is 164 Å². The van der Waals surface area contributed by atoms with Crippen LogP contribution < -0.4 is 5.32 Å². The van der Waals surface area contributed by atoms with E-state index in [1.807, 2.05) is 36.4 Å². The Morgan fingerprint density at radius 3 is 2.59 bits per heavy atom. The van der Waals surface area contributed by atoms with E-state index in [4.69, 9.17) is 4.74 Å². The fourth-order valence-electron chi connectivity index (χ4n) is 2.87. The highest BCUT2D eigenvalue weighted by Gasteiger charge is 2.27. The summed E-state index contributed by atoms with van der Waals surface area (Å²) >= 11 is 3.18. The number of rotatable bonds is 5. The third-order valence-corrected chi connectivity index (χ3v) is 4.76. The van der Waals surface area contributed by atoms with E-state index in [1.165, 1.54) is 18.2 Å². The minimum atomic E-state index is -0.986. The summed E-state index contributed by atoms with van der Waals surface area (Å²) in [6.07, 6.45) is 0. The highest BCUT2D eigenvalue weighted by Crippen LogP contribution is 2.26. The number of hydrogen-bond acceptors (Lipinski definition) is 3. The number of nitrogens with one attached hydrogen (secondary N) is 1. The molecule has 0 saturated carbocycles. The van der Waals surface area contributed by atoms with Crippen molar-refractivity contribution >= 4 is 38.6 Å². The van der Waals surface area contributed by atoms with Crippen molar-refractivity contribution in [2.24, 2.45) is 0 Å². The summed E-state index contributed by atoms with van der Waals surface area (Å²) in [6.45, 7) is 1.90. The number of esters is 1. The molecule has 0 saturated heterocycles. The molecular formula is C21H17BrFNO3. The summed E-state index contributed by atoms with van der Waals surface area (Å²) in [6, 6.07) is 15.9. The van der Waals surface area contributed by atoms with Gasteiger partial charge in [-0.15, -0.1) is 0 Å². The average molecular weight is 430 g/mol. The number of carbonyl (C=O) groups excluding carboxylic acids is 2. The average Bonchev–Trinajstić information content (AvgIpc) is 2.65. The highest BCUT2D eigenvalue weighted by atomic mass is 79.9. The van der Waals surface area contributed by atoms with Gasteiger partial charge in [-0.3, -0.25) is 4.79 Å². The van der Waals surface area contributed by atoms with Crippen molar-refractivity contribution in [1.82, 2.24) is 5.32 Å². The molecule has 1 N–H and O–H groups in total. The van der Waals surface area contributed by atoms with Crippen LogP contribution in [0.2, 0.25) is 0 Å². The van der Waals surface area contributed by atoms with Gasteiger partial charge in [0.1, 0.15) is 5.82 Å². The van der Waals surface area contributed by atoms with E-state index >= 15 is 0 Å². The second kappa shape index (κ2) is 8.31. The van der Waals surface area contributed by atoms with E-state index in [0.29, 0.717) is 10.0 Å². The molecule has 3 aromatic rings.